The Hall–Kier alpha value is -0.930. The van der Waals surface area contributed by atoms with Crippen LogP contribution < -0.4 is 5.73 Å². The number of nitrogens with zero attached hydrogens (tertiary/aromatic N) is 1. The summed E-state index contributed by atoms with van der Waals surface area (Å²) in [5.41, 5.74) is 7.27. The van der Waals surface area contributed by atoms with Gasteiger partial charge in [-0.3, -0.25) is 0 Å². The Morgan fingerprint density at radius 1 is 1.30 bits per heavy atom. The first-order chi connectivity index (χ1) is 9.45. The molecule has 0 spiro atoms. The van der Waals surface area contributed by atoms with Crippen molar-refractivity contribution in [3.63, 3.8) is 0 Å². The van der Waals surface area contributed by atoms with Gasteiger partial charge >= 0.3 is 0 Å². The van der Waals surface area contributed by atoms with Crippen molar-refractivity contribution in [3.8, 4) is 0 Å². The molecule has 1 unspecified atom stereocenters. The van der Waals surface area contributed by atoms with Gasteiger partial charge in [-0.2, -0.15) is 0 Å². The third-order valence-corrected chi connectivity index (χ3v) is 5.12. The lowest BCUT2D eigenvalue weighted by Crippen LogP contribution is -2.59. The number of hydrogen-bond donors (Lipinski definition) is 1. The number of rotatable bonds is 4. The van der Waals surface area contributed by atoms with Gasteiger partial charge in [0.05, 0.1) is 0 Å². The van der Waals surface area contributed by atoms with Crippen LogP contribution in [0.25, 0.3) is 0 Å². The Bertz CT molecular complexity index is 436. The fourth-order valence-corrected chi connectivity index (χ4v) is 3.50. The maximum Gasteiger partial charge on any atom is 0.126 e. The third kappa shape index (κ3) is 3.04. The van der Waals surface area contributed by atoms with Gasteiger partial charge in [-0.05, 0) is 63.7 Å². The van der Waals surface area contributed by atoms with Gasteiger partial charge in [-0.1, -0.05) is 25.1 Å². The van der Waals surface area contributed by atoms with Gasteiger partial charge in [-0.25, -0.2) is 4.39 Å². The zero-order chi connectivity index (χ0) is 14.8. The first kappa shape index (κ1) is 15.5. The van der Waals surface area contributed by atoms with Crippen molar-refractivity contribution in [2.45, 2.75) is 50.6 Å². The maximum atomic E-state index is 13.8. The SMILES string of the molecule is CC1CCC(C(N)Cc2ccccc2F)(N(C)C)CC1. The monoisotopic (exact) mass is 278 g/mol. The van der Waals surface area contributed by atoms with E-state index in [1.54, 1.807) is 6.07 Å². The topological polar surface area (TPSA) is 29.3 Å². The second-order valence-electron chi connectivity index (χ2n) is 6.58. The molecule has 0 heterocycles. The van der Waals surface area contributed by atoms with Crippen molar-refractivity contribution in [2.24, 2.45) is 11.7 Å². The van der Waals surface area contributed by atoms with E-state index < -0.39 is 0 Å². The van der Waals surface area contributed by atoms with Crippen LogP contribution in [-0.4, -0.2) is 30.6 Å². The van der Waals surface area contributed by atoms with Crippen LogP contribution >= 0.6 is 0 Å². The van der Waals surface area contributed by atoms with Crippen molar-refractivity contribution in [1.82, 2.24) is 4.90 Å². The van der Waals surface area contributed by atoms with Gasteiger partial charge < -0.3 is 10.6 Å². The highest BCUT2D eigenvalue weighted by atomic mass is 19.1. The molecule has 1 aliphatic carbocycles. The van der Waals surface area contributed by atoms with Gasteiger partial charge in [0, 0.05) is 11.6 Å². The molecule has 0 aromatic heterocycles. The van der Waals surface area contributed by atoms with Gasteiger partial charge in [0.15, 0.2) is 0 Å². The fraction of sp³-hybridized carbons (Fsp3) is 0.647. The van der Waals surface area contributed by atoms with Gasteiger partial charge in [0.1, 0.15) is 5.82 Å². The quantitative estimate of drug-likeness (QED) is 0.916. The van der Waals surface area contributed by atoms with Crippen molar-refractivity contribution in [3.05, 3.63) is 35.6 Å². The predicted octanol–water partition coefficient (Wildman–Crippen LogP) is 3.21. The molecule has 1 aromatic carbocycles. The van der Waals surface area contributed by atoms with Crippen LogP contribution in [0.4, 0.5) is 4.39 Å². The minimum absolute atomic E-state index is 0.00872. The van der Waals surface area contributed by atoms with E-state index >= 15 is 0 Å². The molecule has 2 rings (SSSR count). The molecule has 0 bridgehead atoms. The molecule has 1 fully saturated rings. The number of likely N-dealkylation sites (N-methyl/N-ethyl adjacent to an activating group) is 1. The van der Waals surface area contributed by atoms with Gasteiger partial charge in [0.2, 0.25) is 0 Å². The highest BCUT2D eigenvalue weighted by Crippen LogP contribution is 2.38. The predicted molar refractivity (Wildman–Crippen MR) is 82.1 cm³/mol. The molecule has 20 heavy (non-hydrogen) atoms. The van der Waals surface area contributed by atoms with Gasteiger partial charge in [0.25, 0.3) is 0 Å². The van der Waals surface area contributed by atoms with Crippen molar-refractivity contribution in [2.75, 3.05) is 14.1 Å². The Morgan fingerprint density at radius 3 is 2.45 bits per heavy atom. The molecule has 1 aliphatic rings. The zero-order valence-corrected chi connectivity index (χ0v) is 12.9. The molecule has 2 N–H and O–H groups in total. The molecule has 0 aliphatic heterocycles. The van der Waals surface area contributed by atoms with E-state index in [4.69, 9.17) is 5.73 Å². The highest BCUT2D eigenvalue weighted by Gasteiger charge is 2.41. The summed E-state index contributed by atoms with van der Waals surface area (Å²) in [6.07, 6.45) is 5.25. The minimum atomic E-state index is -0.138. The van der Waals surface area contributed by atoms with E-state index in [9.17, 15) is 4.39 Å². The standard InChI is InChI=1S/C17H27FN2/c1-13-8-10-17(11-9-13,20(2)3)16(19)12-14-6-4-5-7-15(14)18/h4-7,13,16H,8-12,19H2,1-3H3. The Kier molecular flexibility index (Phi) is 4.82. The van der Waals surface area contributed by atoms with Crippen LogP contribution in [0.5, 0.6) is 0 Å². The largest absolute Gasteiger partial charge is 0.326 e. The zero-order valence-electron chi connectivity index (χ0n) is 12.9. The normalized spacial score (nSPS) is 28.6. The lowest BCUT2D eigenvalue weighted by atomic mass is 9.71. The maximum absolute atomic E-state index is 13.8. The fourth-order valence-electron chi connectivity index (χ4n) is 3.50. The Morgan fingerprint density at radius 2 is 1.90 bits per heavy atom. The van der Waals surface area contributed by atoms with Crippen LogP contribution in [0.3, 0.4) is 0 Å². The van der Waals surface area contributed by atoms with Crippen molar-refractivity contribution >= 4 is 0 Å². The van der Waals surface area contributed by atoms with Crippen LogP contribution in [-0.2, 0) is 6.42 Å². The summed E-state index contributed by atoms with van der Waals surface area (Å²) in [5, 5.41) is 0. The lowest BCUT2D eigenvalue weighted by molar-refractivity contribution is 0.0566. The number of hydrogen-bond acceptors (Lipinski definition) is 2. The molecule has 0 amide bonds. The van der Waals surface area contributed by atoms with E-state index in [0.717, 1.165) is 24.3 Å². The molecule has 0 saturated heterocycles. The van der Waals surface area contributed by atoms with Crippen LogP contribution in [0.15, 0.2) is 24.3 Å². The summed E-state index contributed by atoms with van der Waals surface area (Å²) in [4.78, 5) is 2.27. The molecule has 3 heteroatoms. The van der Waals surface area contributed by atoms with Gasteiger partial charge in [-0.15, -0.1) is 0 Å². The molecular weight excluding hydrogens is 251 g/mol. The number of benzene rings is 1. The highest BCUT2D eigenvalue weighted by molar-refractivity contribution is 5.20. The minimum Gasteiger partial charge on any atom is -0.326 e. The van der Waals surface area contributed by atoms with E-state index in [0.29, 0.717) is 6.42 Å². The molecular formula is C17H27FN2. The summed E-state index contributed by atoms with van der Waals surface area (Å²) in [5.74, 6) is 0.643. The molecule has 1 saturated carbocycles. The number of halogens is 1. The van der Waals surface area contributed by atoms with Crippen molar-refractivity contribution < 1.29 is 4.39 Å². The second-order valence-corrected chi connectivity index (χ2v) is 6.58. The lowest BCUT2D eigenvalue weighted by Gasteiger charge is -2.48. The average molecular weight is 278 g/mol. The van der Waals surface area contributed by atoms with Crippen LogP contribution in [0, 0.1) is 11.7 Å². The Balaban J connectivity index is 2.16. The van der Waals surface area contributed by atoms with Crippen molar-refractivity contribution in [1.29, 1.82) is 0 Å². The molecule has 1 aromatic rings. The van der Waals surface area contributed by atoms with E-state index in [2.05, 4.69) is 25.9 Å². The molecule has 1 atom stereocenters. The van der Waals surface area contributed by atoms with Crippen LogP contribution in [0.2, 0.25) is 0 Å². The summed E-state index contributed by atoms with van der Waals surface area (Å²) in [6.45, 7) is 2.31. The van der Waals surface area contributed by atoms with E-state index in [1.807, 2.05) is 12.1 Å². The molecule has 112 valence electrons. The summed E-state index contributed by atoms with van der Waals surface area (Å²) in [6, 6.07) is 6.96. The summed E-state index contributed by atoms with van der Waals surface area (Å²) in [7, 11) is 4.22. The average Bonchev–Trinajstić information content (AvgIpc) is 2.42. The first-order valence-corrected chi connectivity index (χ1v) is 7.62. The summed E-state index contributed by atoms with van der Waals surface area (Å²) >= 11 is 0. The third-order valence-electron chi connectivity index (χ3n) is 5.12. The molecule has 0 radical (unpaired) electrons. The molecule has 2 nitrogen and oxygen atoms in total. The first-order valence-electron chi connectivity index (χ1n) is 7.62. The van der Waals surface area contributed by atoms with Crippen LogP contribution in [0.1, 0.15) is 38.2 Å². The second kappa shape index (κ2) is 6.23. The smallest absolute Gasteiger partial charge is 0.126 e. The Labute approximate surface area is 122 Å². The summed E-state index contributed by atoms with van der Waals surface area (Å²) < 4.78 is 13.8. The van der Waals surface area contributed by atoms with E-state index in [1.165, 1.54) is 18.9 Å². The van der Waals surface area contributed by atoms with E-state index in [-0.39, 0.29) is 17.4 Å². The number of nitrogens with two attached hydrogens (primary N) is 1.